The molecule has 116 valence electrons. The van der Waals surface area contributed by atoms with Crippen LogP contribution in [0.15, 0.2) is 34.8 Å². The summed E-state index contributed by atoms with van der Waals surface area (Å²) in [7, 11) is 0. The highest BCUT2D eigenvalue weighted by Crippen LogP contribution is 2.42. The number of benzene rings is 2. The second kappa shape index (κ2) is 6.21. The van der Waals surface area contributed by atoms with Crippen LogP contribution in [0.5, 0.6) is 0 Å². The van der Waals surface area contributed by atoms with Gasteiger partial charge in [0.25, 0.3) is 0 Å². The van der Waals surface area contributed by atoms with Crippen LogP contribution in [0.25, 0.3) is 0 Å². The number of hydrogen-bond donors (Lipinski definition) is 0. The van der Waals surface area contributed by atoms with Crippen LogP contribution in [-0.2, 0) is 6.42 Å². The highest BCUT2D eigenvalue weighted by atomic mass is 79.9. The van der Waals surface area contributed by atoms with E-state index in [0.29, 0.717) is 0 Å². The average Bonchev–Trinajstić information content (AvgIpc) is 2.88. The minimum atomic E-state index is -0.180. The first-order chi connectivity index (χ1) is 10.5. The molecular formula is C18H18BrClFN. The van der Waals surface area contributed by atoms with Crippen molar-refractivity contribution in [2.45, 2.75) is 32.7 Å². The minimum Gasteiger partial charge on any atom is -0.365 e. The van der Waals surface area contributed by atoms with E-state index >= 15 is 0 Å². The van der Waals surface area contributed by atoms with Gasteiger partial charge >= 0.3 is 0 Å². The van der Waals surface area contributed by atoms with Gasteiger partial charge < -0.3 is 4.90 Å². The second-order valence-electron chi connectivity index (χ2n) is 5.73. The Bertz CT molecular complexity index is 716. The molecule has 0 aromatic heterocycles. The third-order valence-corrected chi connectivity index (χ3v) is 5.54. The summed E-state index contributed by atoms with van der Waals surface area (Å²) in [4.78, 5) is 2.33. The molecule has 0 amide bonds. The lowest BCUT2D eigenvalue weighted by Crippen LogP contribution is -2.27. The molecule has 22 heavy (non-hydrogen) atoms. The lowest BCUT2D eigenvalue weighted by atomic mass is 10.1. The van der Waals surface area contributed by atoms with Crippen LogP contribution in [-0.4, -0.2) is 6.54 Å². The molecular weight excluding hydrogens is 365 g/mol. The van der Waals surface area contributed by atoms with Gasteiger partial charge in [-0.3, -0.25) is 0 Å². The average molecular weight is 383 g/mol. The van der Waals surface area contributed by atoms with E-state index in [1.165, 1.54) is 5.56 Å². The molecule has 1 atom stereocenters. The zero-order chi connectivity index (χ0) is 15.9. The molecule has 0 aliphatic heterocycles. The number of hydrogen-bond acceptors (Lipinski definition) is 1. The van der Waals surface area contributed by atoms with Gasteiger partial charge in [-0.05, 0) is 73.7 Å². The zero-order valence-electron chi connectivity index (χ0n) is 12.7. The van der Waals surface area contributed by atoms with E-state index in [9.17, 15) is 4.39 Å². The lowest BCUT2D eigenvalue weighted by molar-refractivity contribution is 0.607. The van der Waals surface area contributed by atoms with Crippen LogP contribution in [0.3, 0.4) is 0 Å². The van der Waals surface area contributed by atoms with Gasteiger partial charge in [-0.25, -0.2) is 4.39 Å². The SMILES string of the molecule is CCN(c1ccc(Cl)c(C)c1)C1CCc2c(Br)cc(F)cc21. The molecule has 0 saturated carbocycles. The van der Waals surface area contributed by atoms with Gasteiger partial charge in [-0.2, -0.15) is 0 Å². The fourth-order valence-electron chi connectivity index (χ4n) is 3.34. The van der Waals surface area contributed by atoms with Crippen LogP contribution >= 0.6 is 27.5 Å². The quantitative estimate of drug-likeness (QED) is 0.623. The number of aryl methyl sites for hydroxylation is 1. The van der Waals surface area contributed by atoms with Gasteiger partial charge in [0.2, 0.25) is 0 Å². The van der Waals surface area contributed by atoms with Gasteiger partial charge in [-0.15, -0.1) is 0 Å². The molecule has 0 radical (unpaired) electrons. The fraction of sp³-hybridized carbons (Fsp3) is 0.333. The smallest absolute Gasteiger partial charge is 0.124 e. The summed E-state index contributed by atoms with van der Waals surface area (Å²) in [5.41, 5.74) is 4.54. The van der Waals surface area contributed by atoms with Gasteiger partial charge in [0.15, 0.2) is 0 Å². The van der Waals surface area contributed by atoms with Crippen molar-refractivity contribution in [3.63, 3.8) is 0 Å². The minimum absolute atomic E-state index is 0.180. The first kappa shape index (κ1) is 15.8. The Morgan fingerprint density at radius 3 is 2.77 bits per heavy atom. The van der Waals surface area contributed by atoms with Gasteiger partial charge in [0.1, 0.15) is 5.82 Å². The summed E-state index contributed by atoms with van der Waals surface area (Å²) in [5, 5.41) is 0.778. The Kier molecular flexibility index (Phi) is 4.47. The van der Waals surface area contributed by atoms with Crippen molar-refractivity contribution in [3.8, 4) is 0 Å². The molecule has 3 rings (SSSR count). The number of fused-ring (bicyclic) bond motifs is 1. The molecule has 0 heterocycles. The van der Waals surface area contributed by atoms with Crippen molar-refractivity contribution in [3.05, 3.63) is 62.3 Å². The molecule has 0 fully saturated rings. The third kappa shape index (κ3) is 2.77. The van der Waals surface area contributed by atoms with Crippen molar-refractivity contribution in [1.29, 1.82) is 0 Å². The normalized spacial score (nSPS) is 16.7. The van der Waals surface area contributed by atoms with E-state index in [2.05, 4.69) is 33.8 Å². The maximum atomic E-state index is 13.8. The Labute approximate surface area is 144 Å². The Morgan fingerprint density at radius 1 is 1.32 bits per heavy atom. The van der Waals surface area contributed by atoms with Crippen LogP contribution in [0.1, 0.15) is 36.1 Å². The number of anilines is 1. The van der Waals surface area contributed by atoms with Crippen LogP contribution in [0, 0.1) is 12.7 Å². The van der Waals surface area contributed by atoms with E-state index in [1.807, 2.05) is 19.1 Å². The molecule has 0 saturated heterocycles. The Morgan fingerprint density at radius 2 is 2.09 bits per heavy atom. The number of rotatable bonds is 3. The predicted molar refractivity (Wildman–Crippen MR) is 94.4 cm³/mol. The fourth-order valence-corrected chi connectivity index (χ4v) is 4.10. The molecule has 2 aromatic rings. The molecule has 1 aliphatic carbocycles. The predicted octanol–water partition coefficient (Wildman–Crippen LogP) is 6.06. The van der Waals surface area contributed by atoms with E-state index in [-0.39, 0.29) is 11.9 Å². The monoisotopic (exact) mass is 381 g/mol. The topological polar surface area (TPSA) is 3.24 Å². The number of nitrogens with zero attached hydrogens (tertiary/aromatic N) is 1. The van der Waals surface area contributed by atoms with E-state index < -0.39 is 0 Å². The van der Waals surface area contributed by atoms with Crippen molar-refractivity contribution in [2.24, 2.45) is 0 Å². The second-order valence-corrected chi connectivity index (χ2v) is 6.99. The molecule has 0 spiro atoms. The van der Waals surface area contributed by atoms with Gasteiger partial charge in [-0.1, -0.05) is 27.5 Å². The van der Waals surface area contributed by atoms with Crippen molar-refractivity contribution >= 4 is 33.2 Å². The highest BCUT2D eigenvalue weighted by Gasteiger charge is 2.29. The maximum absolute atomic E-state index is 13.8. The first-order valence-electron chi connectivity index (χ1n) is 7.52. The summed E-state index contributed by atoms with van der Waals surface area (Å²) in [5.74, 6) is -0.180. The molecule has 1 aliphatic rings. The van der Waals surface area contributed by atoms with E-state index in [4.69, 9.17) is 11.6 Å². The third-order valence-electron chi connectivity index (χ3n) is 4.41. The first-order valence-corrected chi connectivity index (χ1v) is 8.69. The van der Waals surface area contributed by atoms with Crippen molar-refractivity contribution in [1.82, 2.24) is 0 Å². The molecule has 1 unspecified atom stereocenters. The van der Waals surface area contributed by atoms with Crippen molar-refractivity contribution in [2.75, 3.05) is 11.4 Å². The maximum Gasteiger partial charge on any atom is 0.124 e. The zero-order valence-corrected chi connectivity index (χ0v) is 15.0. The molecule has 0 N–H and O–H groups in total. The largest absolute Gasteiger partial charge is 0.365 e. The molecule has 1 nitrogen and oxygen atoms in total. The molecule has 2 aromatic carbocycles. The summed E-state index contributed by atoms with van der Waals surface area (Å²) < 4.78 is 14.7. The van der Waals surface area contributed by atoms with E-state index in [0.717, 1.165) is 45.7 Å². The van der Waals surface area contributed by atoms with E-state index in [1.54, 1.807) is 12.1 Å². The summed E-state index contributed by atoms with van der Waals surface area (Å²) in [6, 6.07) is 9.55. The summed E-state index contributed by atoms with van der Waals surface area (Å²) >= 11 is 9.63. The summed E-state index contributed by atoms with van der Waals surface area (Å²) in [6.45, 7) is 5.02. The Hall–Kier alpha value is -1.06. The van der Waals surface area contributed by atoms with Crippen LogP contribution < -0.4 is 4.90 Å². The van der Waals surface area contributed by atoms with Crippen LogP contribution in [0.4, 0.5) is 10.1 Å². The van der Waals surface area contributed by atoms with Crippen LogP contribution in [0.2, 0.25) is 5.02 Å². The number of halogens is 3. The molecule has 0 bridgehead atoms. The standard InChI is InChI=1S/C18H18BrClFN/c1-3-22(13-4-6-17(20)11(2)8-13)18-7-5-14-15(18)9-12(21)10-16(14)19/h4,6,8-10,18H,3,5,7H2,1-2H3. The van der Waals surface area contributed by atoms with Gasteiger partial charge in [0.05, 0.1) is 6.04 Å². The Balaban J connectivity index is 2.02. The van der Waals surface area contributed by atoms with Gasteiger partial charge in [0, 0.05) is 21.7 Å². The lowest BCUT2D eigenvalue weighted by Gasteiger charge is -2.31. The van der Waals surface area contributed by atoms with Crippen molar-refractivity contribution < 1.29 is 4.39 Å². The highest BCUT2D eigenvalue weighted by molar-refractivity contribution is 9.10. The summed E-state index contributed by atoms with van der Waals surface area (Å²) in [6.07, 6.45) is 1.98. The molecule has 4 heteroatoms.